The van der Waals surface area contributed by atoms with E-state index in [4.69, 9.17) is 9.47 Å². The van der Waals surface area contributed by atoms with Gasteiger partial charge in [0, 0.05) is 37.7 Å². The fourth-order valence-corrected chi connectivity index (χ4v) is 2.96. The topological polar surface area (TPSA) is 56.6 Å². The van der Waals surface area contributed by atoms with Crippen LogP contribution in [-0.2, 0) is 22.6 Å². The lowest BCUT2D eigenvalue weighted by Gasteiger charge is -2.26. The van der Waals surface area contributed by atoms with Gasteiger partial charge < -0.3 is 14.4 Å². The molecule has 0 radical (unpaired) electrons. The molecule has 0 N–H and O–H groups in total. The van der Waals surface area contributed by atoms with Crippen molar-refractivity contribution < 1.29 is 14.3 Å². The van der Waals surface area contributed by atoms with Crippen molar-refractivity contribution in [1.82, 2.24) is 14.7 Å². The number of rotatable bonds is 7. The van der Waals surface area contributed by atoms with E-state index in [9.17, 15) is 4.79 Å². The molecular formula is C18H23N3O3. The number of benzene rings is 1. The molecule has 24 heavy (non-hydrogen) atoms. The van der Waals surface area contributed by atoms with Crippen molar-refractivity contribution in [3.63, 3.8) is 0 Å². The summed E-state index contributed by atoms with van der Waals surface area (Å²) in [6.07, 6.45) is 5.64. The van der Waals surface area contributed by atoms with Crippen molar-refractivity contribution in [1.29, 1.82) is 0 Å². The molecule has 2 heterocycles. The Balaban J connectivity index is 1.74. The summed E-state index contributed by atoms with van der Waals surface area (Å²) in [7, 11) is 1.65. The minimum Gasteiger partial charge on any atom is -0.496 e. The second-order valence-corrected chi connectivity index (χ2v) is 5.92. The molecular weight excluding hydrogens is 306 g/mol. The Bertz CT molecular complexity index is 651. The molecule has 1 saturated heterocycles. The SMILES string of the molecule is COc1ccccc1CN(CC1CCCO1)C(=O)Cn1cccn1. The third-order valence-corrected chi connectivity index (χ3v) is 4.21. The van der Waals surface area contributed by atoms with Crippen LogP contribution < -0.4 is 4.74 Å². The fourth-order valence-electron chi connectivity index (χ4n) is 2.96. The zero-order valence-corrected chi connectivity index (χ0v) is 13.9. The van der Waals surface area contributed by atoms with Crippen molar-refractivity contribution in [2.24, 2.45) is 0 Å². The minimum absolute atomic E-state index is 0.0279. The molecule has 0 spiro atoms. The van der Waals surface area contributed by atoms with Gasteiger partial charge in [0.25, 0.3) is 0 Å². The first kappa shape index (κ1) is 16.5. The standard InChI is InChI=1S/C18H23N3O3/c1-23-17-8-3-2-6-15(17)12-20(13-16-7-4-11-24-16)18(22)14-21-10-5-9-19-21/h2-3,5-6,8-10,16H,4,7,11-14H2,1H3. The van der Waals surface area contributed by atoms with Crippen LogP contribution >= 0.6 is 0 Å². The number of ether oxygens (including phenoxy) is 2. The second-order valence-electron chi connectivity index (χ2n) is 5.92. The maximum absolute atomic E-state index is 12.8. The average molecular weight is 329 g/mol. The first-order valence-electron chi connectivity index (χ1n) is 8.25. The van der Waals surface area contributed by atoms with Gasteiger partial charge in [-0.15, -0.1) is 0 Å². The van der Waals surface area contributed by atoms with Crippen LogP contribution in [0.4, 0.5) is 0 Å². The summed E-state index contributed by atoms with van der Waals surface area (Å²) in [5.74, 6) is 0.821. The lowest BCUT2D eigenvalue weighted by Crippen LogP contribution is -2.39. The Labute approximate surface area is 142 Å². The van der Waals surface area contributed by atoms with Gasteiger partial charge in [0.15, 0.2) is 0 Å². The quantitative estimate of drug-likeness (QED) is 0.780. The number of hydrogen-bond donors (Lipinski definition) is 0. The molecule has 6 heteroatoms. The zero-order chi connectivity index (χ0) is 16.8. The van der Waals surface area contributed by atoms with E-state index in [2.05, 4.69) is 5.10 Å². The van der Waals surface area contributed by atoms with Crippen LogP contribution in [0.1, 0.15) is 18.4 Å². The smallest absolute Gasteiger partial charge is 0.244 e. The number of aromatic nitrogens is 2. The fraction of sp³-hybridized carbons (Fsp3) is 0.444. The van der Waals surface area contributed by atoms with Gasteiger partial charge in [-0.1, -0.05) is 18.2 Å². The monoisotopic (exact) mass is 329 g/mol. The summed E-state index contributed by atoms with van der Waals surface area (Å²) in [6.45, 7) is 2.11. The third-order valence-electron chi connectivity index (χ3n) is 4.21. The van der Waals surface area contributed by atoms with Crippen LogP contribution in [-0.4, -0.2) is 47.0 Å². The molecule has 0 saturated carbocycles. The molecule has 0 aliphatic carbocycles. The van der Waals surface area contributed by atoms with E-state index >= 15 is 0 Å². The first-order valence-corrected chi connectivity index (χ1v) is 8.25. The van der Waals surface area contributed by atoms with Gasteiger partial charge in [0.2, 0.25) is 5.91 Å². The molecule has 1 fully saturated rings. The van der Waals surface area contributed by atoms with Crippen LogP contribution in [0.5, 0.6) is 5.75 Å². The van der Waals surface area contributed by atoms with E-state index in [1.165, 1.54) is 0 Å². The molecule has 3 rings (SSSR count). The maximum atomic E-state index is 12.8. The summed E-state index contributed by atoms with van der Waals surface area (Å²) in [4.78, 5) is 14.6. The van der Waals surface area contributed by atoms with Gasteiger partial charge in [0.05, 0.1) is 13.2 Å². The molecule has 1 aliphatic rings. The molecule has 1 amide bonds. The lowest BCUT2D eigenvalue weighted by molar-refractivity contribution is -0.134. The molecule has 128 valence electrons. The van der Waals surface area contributed by atoms with Gasteiger partial charge in [0.1, 0.15) is 12.3 Å². The van der Waals surface area contributed by atoms with Crippen molar-refractivity contribution in [2.75, 3.05) is 20.3 Å². The number of para-hydroxylation sites is 1. The van der Waals surface area contributed by atoms with Gasteiger partial charge in [-0.2, -0.15) is 5.10 Å². The Kier molecular flexibility index (Phi) is 5.48. The van der Waals surface area contributed by atoms with Gasteiger partial charge >= 0.3 is 0 Å². The van der Waals surface area contributed by atoms with Crippen LogP contribution in [0.2, 0.25) is 0 Å². The molecule has 1 aromatic heterocycles. The second kappa shape index (κ2) is 7.97. The van der Waals surface area contributed by atoms with Crippen LogP contribution in [0.25, 0.3) is 0 Å². The summed E-state index contributed by atoms with van der Waals surface area (Å²) in [5, 5.41) is 4.12. The highest BCUT2D eigenvalue weighted by Gasteiger charge is 2.23. The highest BCUT2D eigenvalue weighted by Crippen LogP contribution is 2.21. The van der Waals surface area contributed by atoms with E-state index < -0.39 is 0 Å². The molecule has 1 atom stereocenters. The minimum atomic E-state index is 0.0279. The highest BCUT2D eigenvalue weighted by molar-refractivity contribution is 5.76. The van der Waals surface area contributed by atoms with Crippen molar-refractivity contribution in [3.8, 4) is 5.75 Å². The Hall–Kier alpha value is -2.34. The maximum Gasteiger partial charge on any atom is 0.244 e. The third kappa shape index (κ3) is 4.14. The average Bonchev–Trinajstić information content (AvgIpc) is 3.28. The molecule has 2 aromatic rings. The van der Waals surface area contributed by atoms with E-state index in [0.29, 0.717) is 13.1 Å². The molecule has 6 nitrogen and oxygen atoms in total. The first-order chi connectivity index (χ1) is 11.8. The lowest BCUT2D eigenvalue weighted by atomic mass is 10.1. The van der Waals surface area contributed by atoms with Crippen LogP contribution in [0.3, 0.4) is 0 Å². The number of carbonyl (C=O) groups excluding carboxylic acids is 1. The van der Waals surface area contributed by atoms with Crippen molar-refractivity contribution in [2.45, 2.75) is 32.0 Å². The largest absolute Gasteiger partial charge is 0.496 e. The van der Waals surface area contributed by atoms with Gasteiger partial charge in [-0.25, -0.2) is 0 Å². The number of hydrogen-bond acceptors (Lipinski definition) is 4. The normalized spacial score (nSPS) is 17.0. The molecule has 1 aliphatic heterocycles. The zero-order valence-electron chi connectivity index (χ0n) is 13.9. The van der Waals surface area contributed by atoms with E-state index in [-0.39, 0.29) is 18.6 Å². The Morgan fingerprint density at radius 1 is 1.42 bits per heavy atom. The van der Waals surface area contributed by atoms with Crippen molar-refractivity contribution in [3.05, 3.63) is 48.3 Å². The molecule has 0 bridgehead atoms. The van der Waals surface area contributed by atoms with Crippen LogP contribution in [0.15, 0.2) is 42.7 Å². The van der Waals surface area contributed by atoms with Crippen LogP contribution in [0, 0.1) is 0 Å². The predicted octanol–water partition coefficient (Wildman–Crippen LogP) is 2.10. The highest BCUT2D eigenvalue weighted by atomic mass is 16.5. The summed E-state index contributed by atoms with van der Waals surface area (Å²) < 4.78 is 12.8. The van der Waals surface area contributed by atoms with Gasteiger partial charge in [-0.05, 0) is 25.0 Å². The van der Waals surface area contributed by atoms with E-state index in [1.807, 2.05) is 35.2 Å². The summed E-state index contributed by atoms with van der Waals surface area (Å²) >= 11 is 0. The van der Waals surface area contributed by atoms with Gasteiger partial charge in [-0.3, -0.25) is 9.48 Å². The summed E-state index contributed by atoms with van der Waals surface area (Å²) in [6, 6.07) is 9.61. The number of carbonyl (C=O) groups is 1. The van der Waals surface area contributed by atoms with E-state index in [0.717, 1.165) is 30.8 Å². The Morgan fingerprint density at radius 3 is 3.00 bits per heavy atom. The van der Waals surface area contributed by atoms with E-state index in [1.54, 1.807) is 24.2 Å². The van der Waals surface area contributed by atoms with Crippen molar-refractivity contribution >= 4 is 5.91 Å². The predicted molar refractivity (Wildman–Crippen MR) is 89.6 cm³/mol. The number of methoxy groups -OCH3 is 1. The number of nitrogens with zero attached hydrogens (tertiary/aromatic N) is 3. The molecule has 1 aromatic carbocycles. The molecule has 1 unspecified atom stereocenters. The number of amides is 1. The Morgan fingerprint density at radius 2 is 2.29 bits per heavy atom. The summed E-state index contributed by atoms with van der Waals surface area (Å²) in [5.41, 5.74) is 0.992.